The zero-order chi connectivity index (χ0) is 50.4. The van der Waals surface area contributed by atoms with Gasteiger partial charge in [-0.1, -0.05) is 18.1 Å². The molecule has 0 spiro atoms. The Morgan fingerprint density at radius 2 is 1.53 bits per heavy atom. The molecule has 3 fully saturated rings. The van der Waals surface area contributed by atoms with Crippen LogP contribution in [-0.4, -0.2) is 179 Å². The second-order valence-electron chi connectivity index (χ2n) is 18.3. The van der Waals surface area contributed by atoms with Crippen molar-refractivity contribution in [3.05, 3.63) is 83.4 Å². The quantitative estimate of drug-likeness (QED) is 0.0665. The molecule has 24 heteroatoms. The van der Waals surface area contributed by atoms with Gasteiger partial charge >= 0.3 is 0 Å². The van der Waals surface area contributed by atoms with Crippen molar-refractivity contribution in [2.75, 3.05) is 97.1 Å². The van der Waals surface area contributed by atoms with Crippen LogP contribution in [0.15, 0.2) is 65.8 Å². The van der Waals surface area contributed by atoms with Crippen LogP contribution in [0.4, 0.5) is 17.3 Å². The van der Waals surface area contributed by atoms with E-state index in [4.69, 9.17) is 19.2 Å². The summed E-state index contributed by atoms with van der Waals surface area (Å²) in [6.45, 7) is 5.56. The third-order valence-electron chi connectivity index (χ3n) is 13.2. The molecule has 1 atom stereocenters. The first kappa shape index (κ1) is 50.2. The molecule has 3 aliphatic heterocycles. The summed E-state index contributed by atoms with van der Waals surface area (Å²) in [5, 5.41) is 17.9. The summed E-state index contributed by atoms with van der Waals surface area (Å²) in [4.78, 5) is 77.1. The van der Waals surface area contributed by atoms with Crippen LogP contribution in [0.25, 0.3) is 11.0 Å². The number of ether oxygens (including phenoxy) is 3. The van der Waals surface area contributed by atoms with Crippen molar-refractivity contribution < 1.29 is 46.6 Å². The van der Waals surface area contributed by atoms with Crippen molar-refractivity contribution in [1.29, 1.82) is 0 Å². The Morgan fingerprint density at radius 1 is 0.833 bits per heavy atom. The van der Waals surface area contributed by atoms with Crippen LogP contribution < -0.4 is 16.0 Å². The summed E-state index contributed by atoms with van der Waals surface area (Å²) in [6.07, 6.45) is 7.92. The maximum atomic E-state index is 13.7. The molecule has 0 bridgehead atoms. The number of aromatic nitrogens is 6. The molecule has 0 radical (unpaired) electrons. The molecule has 9 rings (SSSR count). The summed E-state index contributed by atoms with van der Waals surface area (Å²) >= 11 is 0. The molecule has 2 saturated heterocycles. The zero-order valence-corrected chi connectivity index (χ0v) is 41.1. The number of hydrogen-bond acceptors (Lipinski definition) is 17. The highest BCUT2D eigenvalue weighted by Crippen LogP contribution is 2.35. The standard InChI is InChI=1S/C48H59N13O10S/c1-56(2)47(66)41-27-32-29-50-48(53-43(32)60(41)36-5-3-4-6-36)51-33-7-10-37(11-8-33)72(67,68)59-18-16-57(17-19-59)30-35-31-58(55-54-35)20-22-70-24-26-71-25-23-69-21-15-49-34-9-12-38-39(28-34)46(65)61(45(38)64)40-13-14-42(62)52-44(40)63/h7-12,27-29,31,36,40,49H,3-6,13-26,30H2,1-2H3,(H,50,51,53)(H,52,62,63). The molecule has 1 aliphatic carbocycles. The molecule has 5 amide bonds. The van der Waals surface area contributed by atoms with Crippen LogP contribution >= 0.6 is 0 Å². The predicted octanol–water partition coefficient (Wildman–Crippen LogP) is 2.65. The van der Waals surface area contributed by atoms with Gasteiger partial charge in [0.1, 0.15) is 17.4 Å². The molecule has 3 N–H and O–H groups in total. The Kier molecular flexibility index (Phi) is 15.6. The first-order chi connectivity index (χ1) is 34.8. The molecular weight excluding hydrogens is 951 g/mol. The fourth-order valence-electron chi connectivity index (χ4n) is 9.41. The van der Waals surface area contributed by atoms with E-state index < -0.39 is 39.7 Å². The first-order valence-corrected chi connectivity index (χ1v) is 25.7. The number of nitrogens with one attached hydrogen (secondary N) is 3. The van der Waals surface area contributed by atoms with Crippen LogP contribution in [-0.2, 0) is 46.9 Å². The molecule has 5 aromatic rings. The molecule has 6 heterocycles. The van der Waals surface area contributed by atoms with Gasteiger partial charge in [-0.25, -0.2) is 18.1 Å². The Labute approximate surface area is 416 Å². The Morgan fingerprint density at radius 3 is 2.25 bits per heavy atom. The van der Waals surface area contributed by atoms with Gasteiger partial charge in [-0.05, 0) is 67.8 Å². The summed E-state index contributed by atoms with van der Waals surface area (Å²) in [7, 11) is -0.244. The highest BCUT2D eigenvalue weighted by molar-refractivity contribution is 7.89. The number of hydrogen-bond donors (Lipinski definition) is 3. The normalized spacial score (nSPS) is 18.0. The van der Waals surface area contributed by atoms with Gasteiger partial charge in [0.25, 0.3) is 17.7 Å². The van der Waals surface area contributed by atoms with Crippen LogP contribution in [0.5, 0.6) is 0 Å². The van der Waals surface area contributed by atoms with Gasteiger partial charge in [0.15, 0.2) is 0 Å². The van der Waals surface area contributed by atoms with Gasteiger partial charge in [-0.15, -0.1) is 5.10 Å². The third-order valence-corrected chi connectivity index (χ3v) is 15.1. The molecule has 1 saturated carbocycles. The maximum Gasteiger partial charge on any atom is 0.270 e. The molecule has 1 unspecified atom stereocenters. The average molecular weight is 1010 g/mol. The molecule has 4 aliphatic rings. The molecule has 3 aromatic heterocycles. The Bertz CT molecular complexity index is 2910. The Balaban J connectivity index is 0.631. The molecule has 382 valence electrons. The number of piperazine rings is 1. The van der Waals surface area contributed by atoms with E-state index >= 15 is 0 Å². The third kappa shape index (κ3) is 11.3. The zero-order valence-electron chi connectivity index (χ0n) is 40.3. The number of rotatable bonds is 22. The van der Waals surface area contributed by atoms with E-state index in [0.717, 1.165) is 41.7 Å². The lowest BCUT2D eigenvalue weighted by Gasteiger charge is -2.33. The first-order valence-electron chi connectivity index (χ1n) is 24.2. The molecule has 2 aromatic carbocycles. The topological polar surface area (TPSA) is 258 Å². The Hall–Kier alpha value is -6.70. The average Bonchev–Trinajstić information content (AvgIpc) is 4.19. The van der Waals surface area contributed by atoms with Gasteiger partial charge in [0.2, 0.25) is 27.8 Å². The summed E-state index contributed by atoms with van der Waals surface area (Å²) in [5.74, 6) is -1.90. The lowest BCUT2D eigenvalue weighted by atomic mass is 10.0. The van der Waals surface area contributed by atoms with Crippen LogP contribution in [0, 0.1) is 0 Å². The van der Waals surface area contributed by atoms with Crippen molar-refractivity contribution in [1.82, 2.24) is 53.9 Å². The van der Waals surface area contributed by atoms with Crippen LogP contribution in [0.2, 0.25) is 0 Å². The van der Waals surface area contributed by atoms with Gasteiger partial charge in [0.05, 0.1) is 67.9 Å². The predicted molar refractivity (Wildman–Crippen MR) is 261 cm³/mol. The van der Waals surface area contributed by atoms with Crippen molar-refractivity contribution in [2.24, 2.45) is 0 Å². The van der Waals surface area contributed by atoms with E-state index in [1.54, 1.807) is 72.3 Å². The minimum absolute atomic E-state index is 0.0601. The number of carbonyl (C=O) groups is 5. The summed E-state index contributed by atoms with van der Waals surface area (Å²) < 4.78 is 49.6. The van der Waals surface area contributed by atoms with E-state index in [1.165, 1.54) is 4.31 Å². The van der Waals surface area contributed by atoms with E-state index in [1.807, 2.05) is 12.3 Å². The SMILES string of the molecule is CN(C)C(=O)c1cc2cnc(Nc3ccc(S(=O)(=O)N4CCN(Cc5cn(CCOCCOCCOCCNc6ccc7c(c6)C(=O)N(C6CCC(=O)NC6=O)C7=O)nn5)CC4)cc3)nc2n1C1CCCC1. The number of imide groups is 2. The van der Waals surface area contributed by atoms with Gasteiger partial charge in [-0.2, -0.15) is 9.29 Å². The lowest BCUT2D eigenvalue weighted by molar-refractivity contribution is -0.136. The number of carbonyl (C=O) groups excluding carboxylic acids is 5. The highest BCUT2D eigenvalue weighted by atomic mass is 32.2. The van der Waals surface area contributed by atoms with Crippen molar-refractivity contribution in [3.8, 4) is 0 Å². The van der Waals surface area contributed by atoms with Crippen molar-refractivity contribution in [2.45, 2.75) is 68.6 Å². The number of piperidine rings is 1. The minimum atomic E-state index is -3.73. The number of benzene rings is 2. The van der Waals surface area contributed by atoms with Crippen molar-refractivity contribution >= 4 is 67.9 Å². The van der Waals surface area contributed by atoms with E-state index in [9.17, 15) is 32.4 Å². The van der Waals surface area contributed by atoms with E-state index in [2.05, 4.69) is 40.7 Å². The summed E-state index contributed by atoms with van der Waals surface area (Å²) in [5.41, 5.74) is 3.77. The second-order valence-corrected chi connectivity index (χ2v) is 20.2. The van der Waals surface area contributed by atoms with E-state index in [-0.39, 0.29) is 40.8 Å². The van der Waals surface area contributed by atoms with E-state index in [0.29, 0.717) is 114 Å². The van der Waals surface area contributed by atoms with Crippen LogP contribution in [0.3, 0.4) is 0 Å². The van der Waals surface area contributed by atoms with Gasteiger partial charge in [-0.3, -0.25) is 39.1 Å². The molecular formula is C48H59N13O10S. The maximum absolute atomic E-state index is 13.7. The lowest BCUT2D eigenvalue weighted by Crippen LogP contribution is -2.54. The number of sulfonamides is 1. The number of amides is 5. The van der Waals surface area contributed by atoms with Gasteiger partial charge < -0.3 is 34.3 Å². The highest BCUT2D eigenvalue weighted by Gasteiger charge is 2.44. The summed E-state index contributed by atoms with van der Waals surface area (Å²) in [6, 6.07) is 12.4. The fraction of sp³-hybridized carbons (Fsp3) is 0.479. The smallest absolute Gasteiger partial charge is 0.270 e. The number of fused-ring (bicyclic) bond motifs is 2. The number of anilines is 3. The van der Waals surface area contributed by atoms with Crippen molar-refractivity contribution in [3.63, 3.8) is 0 Å². The number of nitrogens with zero attached hydrogens (tertiary/aromatic N) is 10. The monoisotopic (exact) mass is 1010 g/mol. The fourth-order valence-corrected chi connectivity index (χ4v) is 10.8. The molecule has 23 nitrogen and oxygen atoms in total. The van der Waals surface area contributed by atoms with Gasteiger partial charge in [0, 0.05) is 95.0 Å². The largest absolute Gasteiger partial charge is 0.383 e. The second kappa shape index (κ2) is 22.4. The van der Waals surface area contributed by atoms with Crippen LogP contribution in [0.1, 0.15) is 81.5 Å². The molecule has 72 heavy (non-hydrogen) atoms. The minimum Gasteiger partial charge on any atom is -0.383 e.